The number of thioether (sulfide) groups is 1. The molecule has 0 spiro atoms. The minimum atomic E-state index is -0.307. The number of carbonyl (C=O) groups excluding carboxylic acids is 1. The quantitative estimate of drug-likeness (QED) is 0.453. The van der Waals surface area contributed by atoms with Gasteiger partial charge in [0.25, 0.3) is 5.56 Å². The average Bonchev–Trinajstić information content (AvgIpc) is 2.59. The standard InChI is InChI=1S/C19H24N2O4S/c1-4-24-16(22)12-26-18-20-15-8-6-5-7-14(15)17(23)21(18)13-9-10-25-19(2,3)11-13/h5-8,13H,4,9-12H2,1-3H3. The lowest BCUT2D eigenvalue weighted by Crippen LogP contribution is -2.39. The van der Waals surface area contributed by atoms with Gasteiger partial charge in [0.15, 0.2) is 5.16 Å². The van der Waals surface area contributed by atoms with Gasteiger partial charge in [-0.2, -0.15) is 0 Å². The highest BCUT2D eigenvalue weighted by Gasteiger charge is 2.32. The molecule has 0 radical (unpaired) electrons. The summed E-state index contributed by atoms with van der Waals surface area (Å²) in [6.07, 6.45) is 1.47. The first kappa shape index (κ1) is 18.9. The molecular formula is C19H24N2O4S. The van der Waals surface area contributed by atoms with Gasteiger partial charge in [0, 0.05) is 12.6 Å². The minimum Gasteiger partial charge on any atom is -0.465 e. The highest BCUT2D eigenvalue weighted by Crippen LogP contribution is 2.33. The van der Waals surface area contributed by atoms with E-state index in [2.05, 4.69) is 4.98 Å². The van der Waals surface area contributed by atoms with Gasteiger partial charge in [-0.1, -0.05) is 23.9 Å². The van der Waals surface area contributed by atoms with Crippen LogP contribution in [0, 0.1) is 0 Å². The summed E-state index contributed by atoms with van der Waals surface area (Å²) in [5.74, 6) is -0.177. The largest absolute Gasteiger partial charge is 0.465 e. The van der Waals surface area contributed by atoms with E-state index in [1.807, 2.05) is 32.0 Å². The topological polar surface area (TPSA) is 70.4 Å². The van der Waals surface area contributed by atoms with E-state index in [0.717, 1.165) is 12.8 Å². The van der Waals surface area contributed by atoms with Gasteiger partial charge >= 0.3 is 5.97 Å². The van der Waals surface area contributed by atoms with Crippen molar-refractivity contribution >= 4 is 28.6 Å². The lowest BCUT2D eigenvalue weighted by molar-refractivity contribution is -0.139. The van der Waals surface area contributed by atoms with E-state index in [-0.39, 0.29) is 28.9 Å². The number of benzene rings is 1. The van der Waals surface area contributed by atoms with E-state index in [1.54, 1.807) is 17.6 Å². The van der Waals surface area contributed by atoms with Crippen LogP contribution in [0.25, 0.3) is 10.9 Å². The molecule has 0 saturated carbocycles. The molecule has 2 aromatic rings. The summed E-state index contributed by atoms with van der Waals surface area (Å²) in [5, 5.41) is 1.15. The smallest absolute Gasteiger partial charge is 0.316 e. The third-order valence-electron chi connectivity index (χ3n) is 4.44. The maximum Gasteiger partial charge on any atom is 0.316 e. The number of para-hydroxylation sites is 1. The van der Waals surface area contributed by atoms with Gasteiger partial charge in [-0.25, -0.2) is 4.98 Å². The van der Waals surface area contributed by atoms with Crippen molar-refractivity contribution in [2.45, 2.75) is 50.4 Å². The van der Waals surface area contributed by atoms with Crippen LogP contribution in [0.1, 0.15) is 39.7 Å². The highest BCUT2D eigenvalue weighted by atomic mass is 32.2. The number of hydrogen-bond acceptors (Lipinski definition) is 6. The Bertz CT molecular complexity index is 862. The Kier molecular flexibility index (Phi) is 5.67. The first-order chi connectivity index (χ1) is 12.4. The molecule has 1 unspecified atom stereocenters. The van der Waals surface area contributed by atoms with Crippen LogP contribution < -0.4 is 5.56 Å². The van der Waals surface area contributed by atoms with Crippen molar-refractivity contribution in [3.63, 3.8) is 0 Å². The van der Waals surface area contributed by atoms with E-state index in [9.17, 15) is 9.59 Å². The molecule has 1 fully saturated rings. The predicted molar refractivity (Wildman–Crippen MR) is 102 cm³/mol. The molecule has 1 aliphatic heterocycles. The number of esters is 1. The van der Waals surface area contributed by atoms with Gasteiger partial charge in [0.05, 0.1) is 28.9 Å². The predicted octanol–water partition coefficient (Wildman–Crippen LogP) is 3.18. The monoisotopic (exact) mass is 376 g/mol. The fourth-order valence-electron chi connectivity index (χ4n) is 3.30. The molecule has 1 saturated heterocycles. The van der Waals surface area contributed by atoms with Crippen molar-refractivity contribution < 1.29 is 14.3 Å². The third-order valence-corrected chi connectivity index (χ3v) is 5.36. The summed E-state index contributed by atoms with van der Waals surface area (Å²) in [6, 6.07) is 7.31. The molecule has 0 N–H and O–H groups in total. The van der Waals surface area contributed by atoms with Gasteiger partial charge in [0.2, 0.25) is 0 Å². The minimum absolute atomic E-state index is 0.00643. The first-order valence-corrected chi connectivity index (χ1v) is 9.83. The number of rotatable bonds is 5. The number of fused-ring (bicyclic) bond motifs is 1. The normalized spacial score (nSPS) is 19.4. The van der Waals surface area contributed by atoms with E-state index < -0.39 is 0 Å². The molecule has 0 bridgehead atoms. The molecule has 26 heavy (non-hydrogen) atoms. The molecule has 0 aliphatic carbocycles. The molecule has 3 rings (SSSR count). The van der Waals surface area contributed by atoms with Crippen LogP contribution in [0.2, 0.25) is 0 Å². The second-order valence-electron chi connectivity index (χ2n) is 6.94. The summed E-state index contributed by atoms with van der Waals surface area (Å²) in [5.41, 5.74) is 0.285. The fourth-order valence-corrected chi connectivity index (χ4v) is 4.16. The Hall–Kier alpha value is -1.86. The number of hydrogen-bond donors (Lipinski definition) is 0. The van der Waals surface area contributed by atoms with Crippen LogP contribution in [0.5, 0.6) is 0 Å². The fraction of sp³-hybridized carbons (Fsp3) is 0.526. The molecule has 6 nitrogen and oxygen atoms in total. The molecule has 0 amide bonds. The maximum atomic E-state index is 13.2. The second kappa shape index (κ2) is 7.80. The van der Waals surface area contributed by atoms with E-state index in [4.69, 9.17) is 9.47 Å². The molecule has 1 aromatic carbocycles. The molecule has 2 heterocycles. The van der Waals surface area contributed by atoms with Crippen LogP contribution in [0.4, 0.5) is 0 Å². The number of carbonyl (C=O) groups is 1. The molecule has 1 atom stereocenters. The zero-order valence-corrected chi connectivity index (χ0v) is 16.2. The van der Waals surface area contributed by atoms with Gasteiger partial charge in [-0.15, -0.1) is 0 Å². The number of nitrogens with zero attached hydrogens (tertiary/aromatic N) is 2. The Balaban J connectivity index is 2.03. The molecule has 1 aliphatic rings. The van der Waals surface area contributed by atoms with Gasteiger partial charge < -0.3 is 9.47 Å². The van der Waals surface area contributed by atoms with E-state index in [1.165, 1.54) is 11.8 Å². The Labute approximate surface area is 156 Å². The Morgan fingerprint density at radius 2 is 2.19 bits per heavy atom. The molecule has 1 aromatic heterocycles. The lowest BCUT2D eigenvalue weighted by Gasteiger charge is -2.36. The summed E-state index contributed by atoms with van der Waals surface area (Å²) in [4.78, 5) is 29.6. The van der Waals surface area contributed by atoms with Gasteiger partial charge in [0.1, 0.15) is 0 Å². The van der Waals surface area contributed by atoms with Crippen molar-refractivity contribution in [3.05, 3.63) is 34.6 Å². The zero-order valence-electron chi connectivity index (χ0n) is 15.4. The summed E-state index contributed by atoms with van der Waals surface area (Å²) in [6.45, 7) is 6.77. The van der Waals surface area contributed by atoms with Crippen LogP contribution >= 0.6 is 11.8 Å². The average molecular weight is 376 g/mol. The molecular weight excluding hydrogens is 352 g/mol. The summed E-state index contributed by atoms with van der Waals surface area (Å²) < 4.78 is 12.5. The number of ether oxygens (including phenoxy) is 2. The van der Waals surface area contributed by atoms with Crippen LogP contribution in [-0.2, 0) is 14.3 Å². The highest BCUT2D eigenvalue weighted by molar-refractivity contribution is 7.99. The van der Waals surface area contributed by atoms with Crippen LogP contribution in [0.3, 0.4) is 0 Å². The van der Waals surface area contributed by atoms with Crippen molar-refractivity contribution in [1.29, 1.82) is 0 Å². The second-order valence-corrected chi connectivity index (χ2v) is 7.88. The Morgan fingerprint density at radius 1 is 1.42 bits per heavy atom. The Morgan fingerprint density at radius 3 is 2.92 bits per heavy atom. The van der Waals surface area contributed by atoms with Crippen molar-refractivity contribution in [3.8, 4) is 0 Å². The summed E-state index contributed by atoms with van der Waals surface area (Å²) in [7, 11) is 0. The maximum absolute atomic E-state index is 13.2. The lowest BCUT2D eigenvalue weighted by atomic mass is 9.93. The van der Waals surface area contributed by atoms with Gasteiger partial charge in [-0.3, -0.25) is 14.2 Å². The van der Waals surface area contributed by atoms with Crippen molar-refractivity contribution in [2.24, 2.45) is 0 Å². The van der Waals surface area contributed by atoms with Gasteiger partial charge in [-0.05, 0) is 45.7 Å². The van der Waals surface area contributed by atoms with Crippen LogP contribution in [-0.4, -0.2) is 40.1 Å². The number of aromatic nitrogens is 2. The van der Waals surface area contributed by atoms with Crippen molar-refractivity contribution in [2.75, 3.05) is 19.0 Å². The molecule has 7 heteroatoms. The summed E-state index contributed by atoms with van der Waals surface area (Å²) >= 11 is 1.25. The van der Waals surface area contributed by atoms with Crippen molar-refractivity contribution in [1.82, 2.24) is 9.55 Å². The SMILES string of the molecule is CCOC(=O)CSc1nc2ccccc2c(=O)n1C1CCOC(C)(C)C1. The van der Waals surface area contributed by atoms with E-state index >= 15 is 0 Å². The zero-order chi connectivity index (χ0) is 18.7. The van der Waals surface area contributed by atoms with Crippen LogP contribution in [0.15, 0.2) is 34.2 Å². The van der Waals surface area contributed by atoms with E-state index in [0.29, 0.717) is 29.3 Å². The third kappa shape index (κ3) is 4.10. The first-order valence-electron chi connectivity index (χ1n) is 8.85. The molecule has 140 valence electrons.